The lowest BCUT2D eigenvalue weighted by Crippen LogP contribution is -2.04. The molecule has 0 saturated carbocycles. The van der Waals surface area contributed by atoms with Gasteiger partial charge in [0.25, 0.3) is 0 Å². The molecular weight excluding hydrogens is 271 g/mol. The molecule has 16 heavy (non-hydrogen) atoms. The van der Waals surface area contributed by atoms with E-state index in [1.165, 1.54) is 6.07 Å². The first-order valence-electron chi connectivity index (χ1n) is 5.13. The van der Waals surface area contributed by atoms with Crippen LogP contribution in [0, 0.1) is 5.82 Å². The summed E-state index contributed by atoms with van der Waals surface area (Å²) in [4.78, 5) is 0. The molecule has 1 aromatic carbocycles. The maximum absolute atomic E-state index is 13.1. The highest BCUT2D eigenvalue weighted by Gasteiger charge is 2.13. The predicted molar refractivity (Wildman–Crippen MR) is 65.3 cm³/mol. The summed E-state index contributed by atoms with van der Waals surface area (Å²) in [6, 6.07) is 10.5. The second kappa shape index (κ2) is 5.30. The van der Waals surface area contributed by atoms with Crippen molar-refractivity contribution in [2.75, 3.05) is 5.33 Å². The SMILES string of the molecule is Fc1cccc(C(CBr)Cc2ccco2)c1. The van der Waals surface area contributed by atoms with Crippen LogP contribution in [0.2, 0.25) is 0 Å². The Morgan fingerprint density at radius 1 is 1.25 bits per heavy atom. The Bertz CT molecular complexity index is 439. The van der Waals surface area contributed by atoms with E-state index in [2.05, 4.69) is 15.9 Å². The van der Waals surface area contributed by atoms with Crippen molar-refractivity contribution in [3.63, 3.8) is 0 Å². The molecule has 2 rings (SSSR count). The van der Waals surface area contributed by atoms with Crippen molar-refractivity contribution in [3.8, 4) is 0 Å². The third kappa shape index (κ3) is 2.73. The molecule has 0 bridgehead atoms. The van der Waals surface area contributed by atoms with Gasteiger partial charge in [-0.25, -0.2) is 4.39 Å². The first-order valence-corrected chi connectivity index (χ1v) is 6.25. The fourth-order valence-corrected chi connectivity index (χ4v) is 2.30. The van der Waals surface area contributed by atoms with Gasteiger partial charge in [-0.1, -0.05) is 28.1 Å². The normalized spacial score (nSPS) is 12.6. The summed E-state index contributed by atoms with van der Waals surface area (Å²) in [5.41, 5.74) is 0.994. The van der Waals surface area contributed by atoms with Crippen molar-refractivity contribution in [1.82, 2.24) is 0 Å². The van der Waals surface area contributed by atoms with Crippen LogP contribution in [0.3, 0.4) is 0 Å². The maximum Gasteiger partial charge on any atom is 0.123 e. The third-order valence-corrected chi connectivity index (χ3v) is 3.32. The average molecular weight is 283 g/mol. The summed E-state index contributed by atoms with van der Waals surface area (Å²) in [7, 11) is 0. The molecule has 0 aliphatic rings. The topological polar surface area (TPSA) is 13.1 Å². The van der Waals surface area contributed by atoms with E-state index in [0.29, 0.717) is 0 Å². The zero-order chi connectivity index (χ0) is 11.4. The molecule has 1 atom stereocenters. The first kappa shape index (κ1) is 11.4. The van der Waals surface area contributed by atoms with E-state index >= 15 is 0 Å². The van der Waals surface area contributed by atoms with Crippen molar-refractivity contribution in [3.05, 3.63) is 59.8 Å². The van der Waals surface area contributed by atoms with Crippen LogP contribution in [-0.2, 0) is 6.42 Å². The van der Waals surface area contributed by atoms with Gasteiger partial charge in [0.2, 0.25) is 0 Å². The molecule has 0 saturated heterocycles. The van der Waals surface area contributed by atoms with Gasteiger partial charge in [-0.15, -0.1) is 0 Å². The highest BCUT2D eigenvalue weighted by Crippen LogP contribution is 2.23. The minimum absolute atomic E-state index is 0.192. The summed E-state index contributed by atoms with van der Waals surface area (Å²) in [5, 5.41) is 0.789. The van der Waals surface area contributed by atoms with E-state index < -0.39 is 0 Å². The summed E-state index contributed by atoms with van der Waals surface area (Å²) < 4.78 is 18.4. The lowest BCUT2D eigenvalue weighted by atomic mass is 9.96. The Balaban J connectivity index is 2.16. The number of furan rings is 1. The zero-order valence-electron chi connectivity index (χ0n) is 8.70. The monoisotopic (exact) mass is 282 g/mol. The molecular formula is C13H12BrFO. The van der Waals surface area contributed by atoms with Crippen molar-refractivity contribution in [2.24, 2.45) is 0 Å². The molecule has 0 N–H and O–H groups in total. The van der Waals surface area contributed by atoms with Gasteiger partial charge in [-0.2, -0.15) is 0 Å². The highest BCUT2D eigenvalue weighted by atomic mass is 79.9. The van der Waals surface area contributed by atoms with E-state index in [1.54, 1.807) is 18.4 Å². The van der Waals surface area contributed by atoms with Crippen molar-refractivity contribution < 1.29 is 8.81 Å². The Morgan fingerprint density at radius 3 is 2.75 bits per heavy atom. The van der Waals surface area contributed by atoms with Gasteiger partial charge in [0.15, 0.2) is 0 Å². The zero-order valence-corrected chi connectivity index (χ0v) is 10.3. The van der Waals surface area contributed by atoms with Crippen LogP contribution in [0.5, 0.6) is 0 Å². The number of alkyl halides is 1. The van der Waals surface area contributed by atoms with Crippen LogP contribution in [0.4, 0.5) is 4.39 Å². The molecule has 84 valence electrons. The molecule has 3 heteroatoms. The van der Waals surface area contributed by atoms with Crippen molar-refractivity contribution in [1.29, 1.82) is 0 Å². The summed E-state index contributed by atoms with van der Waals surface area (Å²) in [5.74, 6) is 0.971. The highest BCUT2D eigenvalue weighted by molar-refractivity contribution is 9.09. The van der Waals surface area contributed by atoms with Gasteiger partial charge in [-0.3, -0.25) is 0 Å². The van der Waals surface area contributed by atoms with Crippen molar-refractivity contribution >= 4 is 15.9 Å². The molecule has 0 amide bonds. The van der Waals surface area contributed by atoms with Crippen LogP contribution in [0.1, 0.15) is 17.2 Å². The van der Waals surface area contributed by atoms with E-state index in [-0.39, 0.29) is 11.7 Å². The second-order valence-electron chi connectivity index (χ2n) is 3.69. The average Bonchev–Trinajstić information content (AvgIpc) is 2.78. The Labute approximate surface area is 102 Å². The molecule has 0 aliphatic carbocycles. The van der Waals surface area contributed by atoms with Crippen LogP contribution in [0.15, 0.2) is 47.1 Å². The van der Waals surface area contributed by atoms with Gasteiger partial charge in [-0.05, 0) is 29.8 Å². The van der Waals surface area contributed by atoms with Crippen LogP contribution < -0.4 is 0 Å². The summed E-state index contributed by atoms with van der Waals surface area (Å²) in [6.07, 6.45) is 2.44. The fourth-order valence-electron chi connectivity index (χ4n) is 1.69. The molecule has 1 nitrogen and oxygen atoms in total. The first-order chi connectivity index (χ1) is 7.79. The fraction of sp³-hybridized carbons (Fsp3) is 0.231. The van der Waals surface area contributed by atoms with Gasteiger partial charge >= 0.3 is 0 Å². The molecule has 0 spiro atoms. The van der Waals surface area contributed by atoms with Crippen molar-refractivity contribution in [2.45, 2.75) is 12.3 Å². The number of hydrogen-bond acceptors (Lipinski definition) is 1. The minimum Gasteiger partial charge on any atom is -0.469 e. The quantitative estimate of drug-likeness (QED) is 0.769. The Morgan fingerprint density at radius 2 is 2.12 bits per heavy atom. The molecule has 1 heterocycles. The Kier molecular flexibility index (Phi) is 3.78. The van der Waals surface area contributed by atoms with E-state index in [1.807, 2.05) is 18.2 Å². The maximum atomic E-state index is 13.1. The molecule has 0 aliphatic heterocycles. The summed E-state index contributed by atoms with van der Waals surface area (Å²) >= 11 is 3.46. The van der Waals surface area contributed by atoms with Gasteiger partial charge in [0.1, 0.15) is 11.6 Å². The van der Waals surface area contributed by atoms with E-state index in [4.69, 9.17) is 4.42 Å². The lowest BCUT2D eigenvalue weighted by Gasteiger charge is -2.12. The Hall–Kier alpha value is -1.09. The summed E-state index contributed by atoms with van der Waals surface area (Å²) in [6.45, 7) is 0. The third-order valence-electron chi connectivity index (χ3n) is 2.53. The molecule has 1 aromatic heterocycles. The second-order valence-corrected chi connectivity index (χ2v) is 4.34. The molecule has 0 fully saturated rings. The number of benzene rings is 1. The van der Waals surface area contributed by atoms with Gasteiger partial charge in [0.05, 0.1) is 6.26 Å². The van der Waals surface area contributed by atoms with Gasteiger partial charge in [0, 0.05) is 17.7 Å². The number of hydrogen-bond donors (Lipinski definition) is 0. The minimum atomic E-state index is -0.192. The lowest BCUT2D eigenvalue weighted by molar-refractivity contribution is 0.494. The molecule has 2 aromatic rings. The predicted octanol–water partition coefficient (Wildman–Crippen LogP) is 4.14. The van der Waals surface area contributed by atoms with E-state index in [9.17, 15) is 4.39 Å². The van der Waals surface area contributed by atoms with Gasteiger partial charge < -0.3 is 4.42 Å². The van der Waals surface area contributed by atoms with E-state index in [0.717, 1.165) is 23.1 Å². The standard InChI is InChI=1S/C13H12BrFO/c14-9-11(8-13-5-2-6-16-13)10-3-1-4-12(15)7-10/h1-7,11H,8-9H2. The van der Waals surface area contributed by atoms with Crippen LogP contribution >= 0.6 is 15.9 Å². The van der Waals surface area contributed by atoms with Crippen LogP contribution in [0.25, 0.3) is 0 Å². The molecule has 0 radical (unpaired) electrons. The number of halogens is 2. The largest absolute Gasteiger partial charge is 0.469 e. The molecule has 1 unspecified atom stereocenters. The number of rotatable bonds is 4. The smallest absolute Gasteiger partial charge is 0.123 e. The van der Waals surface area contributed by atoms with Crippen LogP contribution in [-0.4, -0.2) is 5.33 Å².